The van der Waals surface area contributed by atoms with Gasteiger partial charge in [0.2, 0.25) is 5.91 Å². The maximum absolute atomic E-state index is 12.6. The van der Waals surface area contributed by atoms with Crippen LogP contribution in [-0.4, -0.2) is 5.91 Å². The summed E-state index contributed by atoms with van der Waals surface area (Å²) in [7, 11) is 0. The molecule has 110 valence electrons. The Bertz CT molecular complexity index is 627. The molecule has 0 aromatic carbocycles. The summed E-state index contributed by atoms with van der Waals surface area (Å²) >= 11 is 1.64. The average molecular weight is 300 g/mol. The quantitative estimate of drug-likeness (QED) is 0.901. The highest BCUT2D eigenvalue weighted by Gasteiger charge is 2.43. The number of hydrogen-bond donors (Lipinski definition) is 1. The van der Waals surface area contributed by atoms with Crippen LogP contribution in [0, 0.1) is 29.1 Å². The van der Waals surface area contributed by atoms with Crippen molar-refractivity contribution in [2.45, 2.75) is 51.4 Å². The van der Waals surface area contributed by atoms with Crippen molar-refractivity contribution in [3.8, 4) is 6.07 Å². The van der Waals surface area contributed by atoms with Crippen LogP contribution in [0.2, 0.25) is 0 Å². The number of fused-ring (bicyclic) bond motifs is 3. The first kappa shape index (κ1) is 13.3. The van der Waals surface area contributed by atoms with Crippen molar-refractivity contribution in [3.63, 3.8) is 0 Å². The number of thiophene rings is 1. The Morgan fingerprint density at radius 3 is 2.81 bits per heavy atom. The maximum atomic E-state index is 12.6. The Morgan fingerprint density at radius 1 is 1.24 bits per heavy atom. The summed E-state index contributed by atoms with van der Waals surface area (Å²) < 4.78 is 0. The zero-order valence-corrected chi connectivity index (χ0v) is 13.0. The molecule has 3 atom stereocenters. The molecule has 1 heterocycles. The maximum Gasteiger partial charge on any atom is 0.228 e. The largest absolute Gasteiger partial charge is 0.316 e. The number of nitrogens with one attached hydrogen (secondary N) is 1. The Kier molecular flexibility index (Phi) is 3.26. The number of hydrogen-bond acceptors (Lipinski definition) is 3. The SMILES string of the molecule is N#Cc1c(NC(=O)[C@H]2C[C@H]3CC[C@@H]2C3)sc2c1CCCC2. The fraction of sp³-hybridized carbons (Fsp3) is 0.647. The Morgan fingerprint density at radius 2 is 2.10 bits per heavy atom. The Labute approximate surface area is 129 Å². The van der Waals surface area contributed by atoms with Gasteiger partial charge in [-0.1, -0.05) is 6.42 Å². The fourth-order valence-electron chi connectivity index (χ4n) is 4.54. The molecule has 2 fully saturated rings. The molecule has 3 nitrogen and oxygen atoms in total. The van der Waals surface area contributed by atoms with Crippen LogP contribution in [0.5, 0.6) is 0 Å². The van der Waals surface area contributed by atoms with Gasteiger partial charge in [-0.25, -0.2) is 0 Å². The van der Waals surface area contributed by atoms with E-state index in [1.807, 2.05) is 0 Å². The van der Waals surface area contributed by atoms with Crippen LogP contribution in [0.15, 0.2) is 0 Å². The molecule has 0 aliphatic heterocycles. The fourth-order valence-corrected chi connectivity index (χ4v) is 5.79. The summed E-state index contributed by atoms with van der Waals surface area (Å²) in [6.07, 6.45) is 9.27. The topological polar surface area (TPSA) is 52.9 Å². The van der Waals surface area contributed by atoms with Crippen LogP contribution in [0.3, 0.4) is 0 Å². The lowest BCUT2D eigenvalue weighted by Crippen LogP contribution is -2.27. The predicted molar refractivity (Wildman–Crippen MR) is 83.2 cm³/mol. The minimum Gasteiger partial charge on any atom is -0.316 e. The second-order valence-corrected chi connectivity index (χ2v) is 7.90. The highest BCUT2D eigenvalue weighted by atomic mass is 32.1. The molecular formula is C17H20N2OS. The van der Waals surface area contributed by atoms with E-state index in [2.05, 4.69) is 11.4 Å². The average Bonchev–Trinajstić information content (AvgIpc) is 3.20. The standard InChI is InChI=1S/C17H20N2OS/c18-9-14-12-3-1-2-4-15(12)21-17(14)19-16(20)13-8-10-5-6-11(13)7-10/h10-11,13H,1-8H2,(H,19,20)/t10-,11+,13-/m0/s1. The summed E-state index contributed by atoms with van der Waals surface area (Å²) in [6, 6.07) is 2.33. The van der Waals surface area contributed by atoms with Crippen LogP contribution in [0.1, 0.15) is 54.5 Å². The van der Waals surface area contributed by atoms with Crippen LogP contribution in [0.25, 0.3) is 0 Å². The molecule has 1 aromatic rings. The molecule has 0 radical (unpaired) electrons. The van der Waals surface area contributed by atoms with Gasteiger partial charge in [-0.3, -0.25) is 4.79 Å². The molecule has 21 heavy (non-hydrogen) atoms. The van der Waals surface area contributed by atoms with Crippen molar-refractivity contribution < 1.29 is 4.79 Å². The van der Waals surface area contributed by atoms with Crippen LogP contribution in [-0.2, 0) is 17.6 Å². The predicted octanol–water partition coefficient (Wildman–Crippen LogP) is 3.87. The van der Waals surface area contributed by atoms with Crippen LogP contribution in [0.4, 0.5) is 5.00 Å². The van der Waals surface area contributed by atoms with Gasteiger partial charge in [-0.2, -0.15) is 5.26 Å². The highest BCUT2D eigenvalue weighted by Crippen LogP contribution is 2.49. The molecule has 4 rings (SSSR count). The van der Waals surface area contributed by atoms with E-state index in [1.54, 1.807) is 11.3 Å². The zero-order valence-electron chi connectivity index (χ0n) is 12.2. The lowest BCUT2D eigenvalue weighted by molar-refractivity contribution is -0.121. The minimum atomic E-state index is 0.164. The van der Waals surface area contributed by atoms with Gasteiger partial charge in [0.15, 0.2) is 0 Å². The minimum absolute atomic E-state index is 0.164. The summed E-state index contributed by atoms with van der Waals surface area (Å²) in [4.78, 5) is 13.9. The highest BCUT2D eigenvalue weighted by molar-refractivity contribution is 7.16. The second-order valence-electron chi connectivity index (χ2n) is 6.80. The van der Waals surface area contributed by atoms with Gasteiger partial charge in [-0.05, 0) is 62.3 Å². The molecule has 0 spiro atoms. The zero-order chi connectivity index (χ0) is 14.4. The van der Waals surface area contributed by atoms with E-state index in [9.17, 15) is 10.1 Å². The summed E-state index contributed by atoms with van der Waals surface area (Å²) in [5.41, 5.74) is 1.95. The van der Waals surface area contributed by atoms with E-state index in [0.29, 0.717) is 5.92 Å². The summed E-state index contributed by atoms with van der Waals surface area (Å²) in [5.74, 6) is 1.72. The smallest absolute Gasteiger partial charge is 0.228 e. The van der Waals surface area contributed by atoms with E-state index >= 15 is 0 Å². The normalized spacial score (nSPS) is 30.0. The number of amides is 1. The lowest BCUT2D eigenvalue weighted by atomic mass is 9.88. The van der Waals surface area contributed by atoms with Gasteiger partial charge >= 0.3 is 0 Å². The van der Waals surface area contributed by atoms with Crippen molar-refractivity contribution in [3.05, 3.63) is 16.0 Å². The van der Waals surface area contributed by atoms with Crippen LogP contribution < -0.4 is 5.32 Å². The molecular weight excluding hydrogens is 280 g/mol. The van der Waals surface area contributed by atoms with Gasteiger partial charge in [0.25, 0.3) is 0 Å². The molecule has 2 bridgehead atoms. The molecule has 4 heteroatoms. The molecule has 2 saturated carbocycles. The van der Waals surface area contributed by atoms with Gasteiger partial charge in [0.05, 0.1) is 5.56 Å². The summed E-state index contributed by atoms with van der Waals surface area (Å²) in [6.45, 7) is 0. The van der Waals surface area contributed by atoms with Crippen molar-refractivity contribution >= 4 is 22.2 Å². The van der Waals surface area contributed by atoms with E-state index in [0.717, 1.165) is 42.2 Å². The van der Waals surface area contributed by atoms with E-state index in [1.165, 1.54) is 36.1 Å². The Hall–Kier alpha value is -1.34. The molecule has 1 aromatic heterocycles. The van der Waals surface area contributed by atoms with Crippen molar-refractivity contribution in [2.24, 2.45) is 17.8 Å². The summed E-state index contributed by atoms with van der Waals surface area (Å²) in [5, 5.41) is 13.4. The first-order valence-corrected chi connectivity index (χ1v) is 8.93. The van der Waals surface area contributed by atoms with Gasteiger partial charge in [0, 0.05) is 10.8 Å². The number of aryl methyl sites for hydroxylation is 1. The van der Waals surface area contributed by atoms with E-state index in [-0.39, 0.29) is 11.8 Å². The van der Waals surface area contributed by atoms with Crippen molar-refractivity contribution in [2.75, 3.05) is 5.32 Å². The molecule has 1 amide bonds. The number of nitrogens with zero attached hydrogens (tertiary/aromatic N) is 1. The molecule has 1 N–H and O–H groups in total. The monoisotopic (exact) mass is 300 g/mol. The number of carbonyl (C=O) groups excluding carboxylic acids is 1. The molecule has 0 saturated heterocycles. The van der Waals surface area contributed by atoms with Crippen LogP contribution >= 0.6 is 11.3 Å². The van der Waals surface area contributed by atoms with E-state index < -0.39 is 0 Å². The molecule has 0 unspecified atom stereocenters. The van der Waals surface area contributed by atoms with Gasteiger partial charge in [-0.15, -0.1) is 11.3 Å². The lowest BCUT2D eigenvalue weighted by Gasteiger charge is -2.20. The van der Waals surface area contributed by atoms with Gasteiger partial charge in [0.1, 0.15) is 11.1 Å². The first-order chi connectivity index (χ1) is 10.3. The number of anilines is 1. The third-order valence-electron chi connectivity index (χ3n) is 5.59. The number of rotatable bonds is 2. The number of carbonyl (C=O) groups is 1. The van der Waals surface area contributed by atoms with Crippen molar-refractivity contribution in [1.82, 2.24) is 0 Å². The third-order valence-corrected chi connectivity index (χ3v) is 6.80. The number of nitriles is 1. The van der Waals surface area contributed by atoms with Gasteiger partial charge < -0.3 is 5.32 Å². The molecule has 3 aliphatic carbocycles. The Balaban J connectivity index is 1.56. The third kappa shape index (κ3) is 2.19. The second kappa shape index (κ2) is 5.14. The van der Waals surface area contributed by atoms with Crippen molar-refractivity contribution in [1.29, 1.82) is 5.26 Å². The first-order valence-electron chi connectivity index (χ1n) is 8.11. The van der Waals surface area contributed by atoms with E-state index in [4.69, 9.17) is 0 Å². The molecule has 3 aliphatic rings.